The van der Waals surface area contributed by atoms with Crippen LogP contribution in [0.3, 0.4) is 0 Å². The largest absolute Gasteiger partial charge is 0.346 e. The third kappa shape index (κ3) is 4.78. The number of rotatable bonds is 5. The summed E-state index contributed by atoms with van der Waals surface area (Å²) in [4.78, 5) is 22.1. The van der Waals surface area contributed by atoms with Gasteiger partial charge in [0, 0.05) is 18.2 Å². The quantitative estimate of drug-likeness (QED) is 0.519. The number of nitrogens with one attached hydrogen (secondary N) is 1. The first-order valence-corrected chi connectivity index (χ1v) is 7.25. The maximum atomic E-state index is 11.9. The summed E-state index contributed by atoms with van der Waals surface area (Å²) in [5.41, 5.74) is 2.96. The molecular formula is C18H18N2O3. The van der Waals surface area contributed by atoms with Gasteiger partial charge in [0.15, 0.2) is 0 Å². The zero-order valence-electron chi connectivity index (χ0n) is 13.0. The summed E-state index contributed by atoms with van der Waals surface area (Å²) in [5, 5.41) is 13.5. The van der Waals surface area contributed by atoms with Crippen LogP contribution in [0.4, 0.5) is 5.69 Å². The Morgan fingerprint density at radius 3 is 2.30 bits per heavy atom. The van der Waals surface area contributed by atoms with E-state index in [1.165, 1.54) is 23.8 Å². The molecule has 1 N–H and O–H groups in total. The number of carbonyl (C=O) groups excluding carboxylic acids is 1. The first-order valence-electron chi connectivity index (χ1n) is 7.25. The van der Waals surface area contributed by atoms with Crippen LogP contribution >= 0.6 is 0 Å². The summed E-state index contributed by atoms with van der Waals surface area (Å²) < 4.78 is 0. The molecule has 2 rings (SSSR count). The maximum absolute atomic E-state index is 11.9. The number of hydrogen-bond donors (Lipinski definition) is 1. The molecule has 5 nitrogen and oxygen atoms in total. The number of benzene rings is 2. The van der Waals surface area contributed by atoms with Gasteiger partial charge in [-0.3, -0.25) is 14.9 Å². The zero-order chi connectivity index (χ0) is 16.8. The van der Waals surface area contributed by atoms with E-state index in [9.17, 15) is 14.9 Å². The van der Waals surface area contributed by atoms with Crippen LogP contribution < -0.4 is 5.32 Å². The summed E-state index contributed by atoms with van der Waals surface area (Å²) in [6.45, 7) is 3.93. The van der Waals surface area contributed by atoms with Gasteiger partial charge in [0.1, 0.15) is 0 Å². The molecule has 2 aromatic carbocycles. The highest BCUT2D eigenvalue weighted by Crippen LogP contribution is 2.14. The summed E-state index contributed by atoms with van der Waals surface area (Å²) in [6, 6.07) is 13.9. The minimum absolute atomic E-state index is 0.0274. The molecule has 0 aliphatic carbocycles. The number of carbonyl (C=O) groups is 1. The van der Waals surface area contributed by atoms with Gasteiger partial charge in [0.2, 0.25) is 5.91 Å². The molecule has 1 atom stereocenters. The molecule has 23 heavy (non-hydrogen) atoms. The Balaban J connectivity index is 1.95. The Labute approximate surface area is 134 Å². The van der Waals surface area contributed by atoms with Gasteiger partial charge < -0.3 is 5.32 Å². The van der Waals surface area contributed by atoms with E-state index in [-0.39, 0.29) is 17.6 Å². The van der Waals surface area contributed by atoms with Crippen molar-refractivity contribution in [2.75, 3.05) is 0 Å². The van der Waals surface area contributed by atoms with Gasteiger partial charge in [-0.1, -0.05) is 29.8 Å². The van der Waals surface area contributed by atoms with Gasteiger partial charge in [-0.25, -0.2) is 0 Å². The standard InChI is InChI=1S/C18H18N2O3/c1-13-3-8-16(9-4-13)14(2)19-18(21)12-7-15-5-10-17(11-6-15)20(22)23/h3-12,14H,1-2H3,(H,19,21)/b12-7+/t14-/m0/s1. The van der Waals surface area contributed by atoms with E-state index in [4.69, 9.17) is 0 Å². The normalized spacial score (nSPS) is 12.1. The smallest absolute Gasteiger partial charge is 0.269 e. The second-order valence-electron chi connectivity index (χ2n) is 5.32. The Bertz CT molecular complexity index is 719. The molecule has 0 unspecified atom stereocenters. The number of nitro groups is 1. The van der Waals surface area contributed by atoms with E-state index in [1.807, 2.05) is 38.1 Å². The lowest BCUT2D eigenvalue weighted by Gasteiger charge is -2.13. The average molecular weight is 310 g/mol. The first kappa shape index (κ1) is 16.4. The fourth-order valence-electron chi connectivity index (χ4n) is 2.08. The van der Waals surface area contributed by atoms with Crippen LogP contribution in [0, 0.1) is 17.0 Å². The second-order valence-corrected chi connectivity index (χ2v) is 5.32. The molecule has 0 bridgehead atoms. The Hall–Kier alpha value is -2.95. The minimum atomic E-state index is -0.455. The van der Waals surface area contributed by atoms with Crippen LogP contribution in [0.5, 0.6) is 0 Å². The van der Waals surface area contributed by atoms with Crippen molar-refractivity contribution in [3.63, 3.8) is 0 Å². The van der Waals surface area contributed by atoms with E-state index >= 15 is 0 Å². The number of hydrogen-bond acceptors (Lipinski definition) is 3. The molecule has 0 radical (unpaired) electrons. The number of amides is 1. The summed E-state index contributed by atoms with van der Waals surface area (Å²) >= 11 is 0. The van der Waals surface area contributed by atoms with Gasteiger partial charge in [0.05, 0.1) is 11.0 Å². The van der Waals surface area contributed by atoms with Crippen LogP contribution in [0.25, 0.3) is 6.08 Å². The van der Waals surface area contributed by atoms with Crippen molar-refractivity contribution < 1.29 is 9.72 Å². The predicted molar refractivity (Wildman–Crippen MR) is 89.9 cm³/mol. The van der Waals surface area contributed by atoms with E-state index in [0.717, 1.165) is 11.1 Å². The monoisotopic (exact) mass is 310 g/mol. The Morgan fingerprint density at radius 1 is 1.13 bits per heavy atom. The van der Waals surface area contributed by atoms with Crippen LogP contribution in [0.2, 0.25) is 0 Å². The number of nitro benzene ring substituents is 1. The van der Waals surface area contributed by atoms with Gasteiger partial charge in [-0.05, 0) is 43.2 Å². The number of aryl methyl sites for hydroxylation is 1. The molecule has 2 aromatic rings. The fraction of sp³-hybridized carbons (Fsp3) is 0.167. The van der Waals surface area contributed by atoms with Gasteiger partial charge in [-0.15, -0.1) is 0 Å². The number of nitrogens with zero attached hydrogens (tertiary/aromatic N) is 1. The lowest BCUT2D eigenvalue weighted by atomic mass is 10.1. The SMILES string of the molecule is Cc1ccc([C@H](C)NC(=O)/C=C/c2ccc([N+](=O)[O-])cc2)cc1. The molecule has 0 aromatic heterocycles. The van der Waals surface area contributed by atoms with E-state index in [0.29, 0.717) is 0 Å². The highest BCUT2D eigenvalue weighted by Gasteiger charge is 2.07. The Morgan fingerprint density at radius 2 is 1.74 bits per heavy atom. The fourth-order valence-corrected chi connectivity index (χ4v) is 2.08. The molecule has 0 aliphatic rings. The molecule has 0 spiro atoms. The van der Waals surface area contributed by atoms with E-state index in [1.54, 1.807) is 18.2 Å². The molecule has 0 heterocycles. The van der Waals surface area contributed by atoms with Crippen LogP contribution in [0.15, 0.2) is 54.6 Å². The minimum Gasteiger partial charge on any atom is -0.346 e. The molecule has 0 aliphatic heterocycles. The van der Waals surface area contributed by atoms with Crippen molar-refractivity contribution >= 4 is 17.7 Å². The average Bonchev–Trinajstić information content (AvgIpc) is 2.54. The summed E-state index contributed by atoms with van der Waals surface area (Å²) in [6.07, 6.45) is 3.05. The molecule has 1 amide bonds. The van der Waals surface area contributed by atoms with Crippen molar-refractivity contribution in [3.05, 3.63) is 81.4 Å². The highest BCUT2D eigenvalue weighted by molar-refractivity contribution is 5.92. The van der Waals surface area contributed by atoms with Crippen LogP contribution in [0.1, 0.15) is 29.7 Å². The third-order valence-electron chi connectivity index (χ3n) is 3.47. The second kappa shape index (κ2) is 7.35. The molecule has 0 saturated heterocycles. The summed E-state index contributed by atoms with van der Waals surface area (Å²) in [7, 11) is 0. The van der Waals surface area contributed by atoms with Gasteiger partial charge in [-0.2, -0.15) is 0 Å². The van der Waals surface area contributed by atoms with E-state index in [2.05, 4.69) is 5.32 Å². The van der Waals surface area contributed by atoms with Crippen LogP contribution in [-0.4, -0.2) is 10.8 Å². The van der Waals surface area contributed by atoms with Crippen molar-refractivity contribution in [2.24, 2.45) is 0 Å². The van der Waals surface area contributed by atoms with Crippen LogP contribution in [-0.2, 0) is 4.79 Å². The summed E-state index contributed by atoms with van der Waals surface area (Å²) in [5.74, 6) is -0.212. The highest BCUT2D eigenvalue weighted by atomic mass is 16.6. The lowest BCUT2D eigenvalue weighted by Crippen LogP contribution is -2.24. The Kier molecular flexibility index (Phi) is 5.25. The van der Waals surface area contributed by atoms with E-state index < -0.39 is 4.92 Å². The topological polar surface area (TPSA) is 72.2 Å². The third-order valence-corrected chi connectivity index (χ3v) is 3.47. The maximum Gasteiger partial charge on any atom is 0.269 e. The molecule has 0 fully saturated rings. The molecular weight excluding hydrogens is 292 g/mol. The first-order chi connectivity index (χ1) is 11.0. The zero-order valence-corrected chi connectivity index (χ0v) is 13.0. The molecule has 5 heteroatoms. The molecule has 0 saturated carbocycles. The van der Waals surface area contributed by atoms with Crippen molar-refractivity contribution in [2.45, 2.75) is 19.9 Å². The van der Waals surface area contributed by atoms with Gasteiger partial charge >= 0.3 is 0 Å². The lowest BCUT2D eigenvalue weighted by molar-refractivity contribution is -0.384. The number of non-ortho nitro benzene ring substituents is 1. The van der Waals surface area contributed by atoms with Crippen molar-refractivity contribution in [1.29, 1.82) is 0 Å². The predicted octanol–water partition coefficient (Wildman–Crippen LogP) is 3.79. The van der Waals surface area contributed by atoms with Crippen molar-refractivity contribution in [3.8, 4) is 0 Å². The van der Waals surface area contributed by atoms with Gasteiger partial charge in [0.25, 0.3) is 5.69 Å². The molecule has 118 valence electrons. The van der Waals surface area contributed by atoms with Crippen molar-refractivity contribution in [1.82, 2.24) is 5.32 Å².